The van der Waals surface area contributed by atoms with Crippen molar-refractivity contribution in [3.63, 3.8) is 0 Å². The zero-order valence-electron chi connectivity index (χ0n) is 6.85. The summed E-state index contributed by atoms with van der Waals surface area (Å²) in [7, 11) is 0. The first-order valence-corrected chi connectivity index (χ1v) is 4.10. The highest BCUT2D eigenvalue weighted by molar-refractivity contribution is 4.85. The highest BCUT2D eigenvalue weighted by Gasteiger charge is 2.28. The molecule has 2 heteroatoms. The third-order valence-corrected chi connectivity index (χ3v) is 2.28. The molecule has 0 aromatic heterocycles. The highest BCUT2D eigenvalue weighted by Crippen LogP contribution is 2.21. The van der Waals surface area contributed by atoms with Crippen LogP contribution in [0.3, 0.4) is 0 Å². The fourth-order valence-corrected chi connectivity index (χ4v) is 1.54. The van der Waals surface area contributed by atoms with E-state index in [2.05, 4.69) is 12.2 Å². The molecule has 1 aliphatic heterocycles. The Morgan fingerprint density at radius 1 is 1.70 bits per heavy atom. The molecule has 0 saturated carbocycles. The largest absolute Gasteiger partial charge is 0.390 e. The first kappa shape index (κ1) is 8.02. The van der Waals surface area contributed by atoms with Gasteiger partial charge in [-0.15, -0.1) is 0 Å². The minimum Gasteiger partial charge on any atom is -0.390 e. The van der Waals surface area contributed by atoms with Crippen LogP contribution in [0.1, 0.15) is 33.1 Å². The Morgan fingerprint density at radius 2 is 2.40 bits per heavy atom. The number of piperidine rings is 1. The van der Waals surface area contributed by atoms with Crippen molar-refractivity contribution in [3.05, 3.63) is 0 Å². The average molecular weight is 143 g/mol. The molecule has 0 bridgehead atoms. The van der Waals surface area contributed by atoms with E-state index in [1.165, 1.54) is 0 Å². The molecule has 0 radical (unpaired) electrons. The molecule has 0 aromatic carbocycles. The summed E-state index contributed by atoms with van der Waals surface area (Å²) in [6.45, 7) is 5.04. The van der Waals surface area contributed by atoms with Gasteiger partial charge in [-0.1, -0.05) is 6.92 Å². The van der Waals surface area contributed by atoms with Crippen LogP contribution in [0, 0.1) is 0 Å². The predicted molar refractivity (Wildman–Crippen MR) is 41.9 cm³/mol. The lowest BCUT2D eigenvalue weighted by Gasteiger charge is -2.34. The van der Waals surface area contributed by atoms with Crippen molar-refractivity contribution < 1.29 is 5.11 Å². The Labute approximate surface area is 62.6 Å². The second kappa shape index (κ2) is 2.89. The first-order chi connectivity index (χ1) is 4.64. The van der Waals surface area contributed by atoms with Gasteiger partial charge >= 0.3 is 0 Å². The van der Waals surface area contributed by atoms with Crippen molar-refractivity contribution in [2.45, 2.75) is 44.8 Å². The summed E-state index contributed by atoms with van der Waals surface area (Å²) >= 11 is 0. The number of hydrogen-bond acceptors (Lipinski definition) is 2. The maximum atomic E-state index is 9.64. The highest BCUT2D eigenvalue weighted by atomic mass is 16.3. The van der Waals surface area contributed by atoms with E-state index in [0.717, 1.165) is 25.8 Å². The molecular weight excluding hydrogens is 126 g/mol. The van der Waals surface area contributed by atoms with Gasteiger partial charge in [-0.05, 0) is 32.7 Å². The quantitative estimate of drug-likeness (QED) is 0.571. The van der Waals surface area contributed by atoms with Gasteiger partial charge in [-0.2, -0.15) is 0 Å². The molecule has 0 aliphatic carbocycles. The van der Waals surface area contributed by atoms with E-state index in [0.29, 0.717) is 6.04 Å². The number of hydrogen-bond donors (Lipinski definition) is 2. The van der Waals surface area contributed by atoms with Crippen LogP contribution < -0.4 is 5.32 Å². The van der Waals surface area contributed by atoms with E-state index in [1.807, 2.05) is 6.92 Å². The van der Waals surface area contributed by atoms with Gasteiger partial charge in [0.25, 0.3) is 0 Å². The van der Waals surface area contributed by atoms with Gasteiger partial charge in [0.1, 0.15) is 0 Å². The van der Waals surface area contributed by atoms with E-state index in [1.54, 1.807) is 0 Å². The molecule has 1 aliphatic rings. The topological polar surface area (TPSA) is 32.3 Å². The minimum atomic E-state index is -0.411. The first-order valence-electron chi connectivity index (χ1n) is 4.10. The molecule has 0 aromatic rings. The normalized spacial score (nSPS) is 41.7. The summed E-state index contributed by atoms with van der Waals surface area (Å²) in [6.07, 6.45) is 2.92. The summed E-state index contributed by atoms with van der Waals surface area (Å²) in [4.78, 5) is 0. The summed E-state index contributed by atoms with van der Waals surface area (Å²) in [5.74, 6) is 0. The molecular formula is C8H17NO. The molecule has 10 heavy (non-hydrogen) atoms. The van der Waals surface area contributed by atoms with Crippen molar-refractivity contribution in [2.24, 2.45) is 0 Å². The molecule has 2 unspecified atom stereocenters. The van der Waals surface area contributed by atoms with Crippen LogP contribution in [0.25, 0.3) is 0 Å². The molecule has 2 nitrogen and oxygen atoms in total. The SMILES string of the molecule is CCC1CC(C)(O)CCN1. The number of rotatable bonds is 1. The Balaban J connectivity index is 2.40. The van der Waals surface area contributed by atoms with Gasteiger partial charge in [0.05, 0.1) is 5.60 Å². The smallest absolute Gasteiger partial charge is 0.0646 e. The van der Waals surface area contributed by atoms with E-state index >= 15 is 0 Å². The zero-order valence-corrected chi connectivity index (χ0v) is 6.85. The molecule has 1 saturated heterocycles. The van der Waals surface area contributed by atoms with Crippen molar-refractivity contribution in [1.29, 1.82) is 0 Å². The van der Waals surface area contributed by atoms with Crippen LogP contribution in [0.2, 0.25) is 0 Å². The summed E-state index contributed by atoms with van der Waals surface area (Å²) in [5.41, 5.74) is -0.411. The Morgan fingerprint density at radius 3 is 2.80 bits per heavy atom. The molecule has 2 atom stereocenters. The third-order valence-electron chi connectivity index (χ3n) is 2.28. The van der Waals surface area contributed by atoms with Gasteiger partial charge in [0, 0.05) is 6.04 Å². The minimum absolute atomic E-state index is 0.411. The van der Waals surface area contributed by atoms with Crippen LogP contribution >= 0.6 is 0 Å². The molecule has 0 spiro atoms. The van der Waals surface area contributed by atoms with E-state index in [4.69, 9.17) is 0 Å². The maximum absolute atomic E-state index is 9.64. The van der Waals surface area contributed by atoms with Gasteiger partial charge in [0.2, 0.25) is 0 Å². The molecule has 1 rings (SSSR count). The molecule has 60 valence electrons. The Bertz CT molecular complexity index is 112. The number of aliphatic hydroxyl groups is 1. The van der Waals surface area contributed by atoms with Crippen LogP contribution in [0.15, 0.2) is 0 Å². The third kappa shape index (κ3) is 1.96. The van der Waals surface area contributed by atoms with E-state index in [9.17, 15) is 5.11 Å². The van der Waals surface area contributed by atoms with Crippen LogP contribution in [-0.2, 0) is 0 Å². The fourth-order valence-electron chi connectivity index (χ4n) is 1.54. The van der Waals surface area contributed by atoms with Crippen LogP contribution in [-0.4, -0.2) is 23.3 Å². The van der Waals surface area contributed by atoms with Crippen molar-refractivity contribution >= 4 is 0 Å². The predicted octanol–water partition coefficient (Wildman–Crippen LogP) is 0.899. The molecule has 0 amide bonds. The second-order valence-corrected chi connectivity index (χ2v) is 3.51. The fraction of sp³-hybridized carbons (Fsp3) is 1.00. The number of nitrogens with one attached hydrogen (secondary N) is 1. The van der Waals surface area contributed by atoms with Gasteiger partial charge in [-0.25, -0.2) is 0 Å². The Kier molecular flexibility index (Phi) is 2.32. The monoisotopic (exact) mass is 143 g/mol. The lowest BCUT2D eigenvalue weighted by Crippen LogP contribution is -2.45. The Hall–Kier alpha value is -0.0800. The molecule has 2 N–H and O–H groups in total. The zero-order chi connectivity index (χ0) is 7.61. The van der Waals surface area contributed by atoms with Gasteiger partial charge in [-0.3, -0.25) is 0 Å². The lowest BCUT2D eigenvalue weighted by molar-refractivity contribution is 0.0130. The molecule has 1 heterocycles. The lowest BCUT2D eigenvalue weighted by atomic mass is 9.89. The standard InChI is InChI=1S/C8H17NO/c1-3-7-6-8(2,10)4-5-9-7/h7,9-10H,3-6H2,1-2H3. The van der Waals surface area contributed by atoms with Crippen LogP contribution in [0.4, 0.5) is 0 Å². The maximum Gasteiger partial charge on any atom is 0.0646 e. The van der Waals surface area contributed by atoms with Gasteiger partial charge in [0.15, 0.2) is 0 Å². The van der Waals surface area contributed by atoms with E-state index < -0.39 is 5.60 Å². The van der Waals surface area contributed by atoms with Crippen molar-refractivity contribution in [3.8, 4) is 0 Å². The van der Waals surface area contributed by atoms with Gasteiger partial charge < -0.3 is 10.4 Å². The average Bonchev–Trinajstić information content (AvgIpc) is 1.86. The van der Waals surface area contributed by atoms with Crippen molar-refractivity contribution in [1.82, 2.24) is 5.32 Å². The summed E-state index contributed by atoms with van der Waals surface area (Å²) in [5, 5.41) is 13.0. The van der Waals surface area contributed by atoms with E-state index in [-0.39, 0.29) is 0 Å². The van der Waals surface area contributed by atoms with Crippen LogP contribution in [0.5, 0.6) is 0 Å². The molecule has 1 fully saturated rings. The van der Waals surface area contributed by atoms with Crippen molar-refractivity contribution in [2.75, 3.05) is 6.54 Å². The second-order valence-electron chi connectivity index (χ2n) is 3.51. The summed E-state index contributed by atoms with van der Waals surface area (Å²) in [6, 6.07) is 0.531. The summed E-state index contributed by atoms with van der Waals surface area (Å²) < 4.78 is 0.